The highest BCUT2D eigenvalue weighted by Crippen LogP contribution is 2.10. The normalized spacial score (nSPS) is 15.5. The number of guanidine groups is 1. The van der Waals surface area contributed by atoms with Gasteiger partial charge in [-0.3, -0.25) is 4.90 Å². The number of aryl methyl sites for hydroxylation is 2. The van der Waals surface area contributed by atoms with Crippen LogP contribution in [0.15, 0.2) is 23.2 Å². The molecule has 0 saturated carbocycles. The lowest BCUT2D eigenvalue weighted by Crippen LogP contribution is -2.44. The molecule has 3 rings (SSSR count). The van der Waals surface area contributed by atoms with Gasteiger partial charge in [-0.2, -0.15) is 0 Å². The van der Waals surface area contributed by atoms with E-state index < -0.39 is 0 Å². The Morgan fingerprint density at radius 3 is 2.69 bits per heavy atom. The van der Waals surface area contributed by atoms with Crippen molar-refractivity contribution < 1.29 is 9.13 Å². The second-order valence-electron chi connectivity index (χ2n) is 7.21. The minimum absolute atomic E-state index is 0.197. The van der Waals surface area contributed by atoms with Gasteiger partial charge in [-0.15, -0.1) is 10.2 Å². The number of hydrogen-bond donors (Lipinski definition) is 2. The zero-order valence-corrected chi connectivity index (χ0v) is 17.4. The van der Waals surface area contributed by atoms with Gasteiger partial charge in [-0.25, -0.2) is 9.38 Å². The first-order valence-corrected chi connectivity index (χ1v) is 9.95. The van der Waals surface area contributed by atoms with Crippen molar-refractivity contribution in [3.63, 3.8) is 0 Å². The third kappa shape index (κ3) is 6.23. The molecule has 0 aliphatic carbocycles. The van der Waals surface area contributed by atoms with Crippen LogP contribution in [0.1, 0.15) is 22.8 Å². The second-order valence-corrected chi connectivity index (χ2v) is 7.21. The van der Waals surface area contributed by atoms with E-state index in [9.17, 15) is 4.39 Å². The van der Waals surface area contributed by atoms with Crippen molar-refractivity contribution in [2.45, 2.75) is 26.9 Å². The molecule has 0 bridgehead atoms. The lowest BCUT2D eigenvalue weighted by molar-refractivity contribution is 0.0389. The summed E-state index contributed by atoms with van der Waals surface area (Å²) < 4.78 is 20.8. The summed E-state index contributed by atoms with van der Waals surface area (Å²) in [6.45, 7) is 9.83. The van der Waals surface area contributed by atoms with Gasteiger partial charge in [0.1, 0.15) is 11.6 Å². The van der Waals surface area contributed by atoms with Gasteiger partial charge in [-0.1, -0.05) is 12.1 Å². The maximum atomic E-state index is 13.5. The van der Waals surface area contributed by atoms with Gasteiger partial charge in [-0.05, 0) is 31.0 Å². The summed E-state index contributed by atoms with van der Waals surface area (Å²) in [4.78, 5) is 7.03. The van der Waals surface area contributed by atoms with E-state index in [1.807, 2.05) is 24.6 Å². The van der Waals surface area contributed by atoms with Gasteiger partial charge in [0.15, 0.2) is 11.8 Å². The number of aliphatic imine (C=N–C) groups is 1. The molecule has 1 aromatic carbocycles. The van der Waals surface area contributed by atoms with Crippen molar-refractivity contribution in [3.8, 4) is 0 Å². The molecule has 0 spiro atoms. The average molecular weight is 404 g/mol. The number of hydrogen-bond acceptors (Lipinski definition) is 5. The summed E-state index contributed by atoms with van der Waals surface area (Å²) >= 11 is 0. The summed E-state index contributed by atoms with van der Waals surface area (Å²) in [7, 11) is 1.94. The fraction of sp³-hybridized carbons (Fsp3) is 0.550. The Kier molecular flexibility index (Phi) is 7.54. The molecule has 1 saturated heterocycles. The van der Waals surface area contributed by atoms with Gasteiger partial charge >= 0.3 is 0 Å². The third-order valence-electron chi connectivity index (χ3n) is 5.06. The lowest BCUT2D eigenvalue weighted by Gasteiger charge is -2.26. The molecule has 1 aliphatic rings. The Bertz CT molecular complexity index is 830. The summed E-state index contributed by atoms with van der Waals surface area (Å²) in [6, 6.07) is 5.08. The number of benzene rings is 1. The lowest BCUT2D eigenvalue weighted by atomic mass is 10.1. The molecule has 29 heavy (non-hydrogen) atoms. The van der Waals surface area contributed by atoms with Crippen LogP contribution >= 0.6 is 0 Å². The Balaban J connectivity index is 1.60. The SMILES string of the molecule is Cc1cc(CN=C(NCCN2CCOCC2)NCc2nnc(C)n2C)ccc1F. The van der Waals surface area contributed by atoms with Crippen LogP contribution in [-0.2, 0) is 24.9 Å². The molecule has 0 unspecified atom stereocenters. The van der Waals surface area contributed by atoms with E-state index in [0.29, 0.717) is 24.6 Å². The van der Waals surface area contributed by atoms with Crippen molar-refractivity contribution in [1.29, 1.82) is 0 Å². The van der Waals surface area contributed by atoms with Crippen molar-refractivity contribution >= 4 is 5.96 Å². The Morgan fingerprint density at radius 1 is 1.21 bits per heavy atom. The molecule has 9 heteroatoms. The van der Waals surface area contributed by atoms with Crippen LogP contribution in [0.4, 0.5) is 4.39 Å². The van der Waals surface area contributed by atoms with Gasteiger partial charge < -0.3 is 19.9 Å². The molecule has 0 radical (unpaired) electrons. The maximum absolute atomic E-state index is 13.5. The molecule has 0 amide bonds. The van der Waals surface area contributed by atoms with Crippen LogP contribution < -0.4 is 10.6 Å². The maximum Gasteiger partial charge on any atom is 0.192 e. The van der Waals surface area contributed by atoms with E-state index in [-0.39, 0.29) is 5.82 Å². The molecule has 158 valence electrons. The van der Waals surface area contributed by atoms with Gasteiger partial charge in [0.25, 0.3) is 0 Å². The highest BCUT2D eigenvalue weighted by atomic mass is 19.1. The molecular formula is C20H30FN7O. The summed E-state index contributed by atoms with van der Waals surface area (Å²) in [5.74, 6) is 2.20. The quantitative estimate of drug-likeness (QED) is 0.533. The first kappa shape index (κ1) is 21.2. The number of ether oxygens (including phenoxy) is 1. The molecular weight excluding hydrogens is 373 g/mol. The minimum Gasteiger partial charge on any atom is -0.379 e. The molecule has 2 heterocycles. The Hall–Kier alpha value is -2.52. The van der Waals surface area contributed by atoms with Crippen LogP contribution in [0, 0.1) is 19.7 Å². The number of rotatable bonds is 7. The van der Waals surface area contributed by atoms with E-state index in [0.717, 1.165) is 56.6 Å². The molecule has 8 nitrogen and oxygen atoms in total. The predicted molar refractivity (Wildman–Crippen MR) is 110 cm³/mol. The monoisotopic (exact) mass is 403 g/mol. The molecule has 1 fully saturated rings. The van der Waals surface area contributed by atoms with E-state index in [2.05, 4.69) is 30.7 Å². The summed E-state index contributed by atoms with van der Waals surface area (Å²) in [5.41, 5.74) is 1.59. The molecule has 1 aliphatic heterocycles. The number of halogens is 1. The van der Waals surface area contributed by atoms with Crippen molar-refractivity contribution in [1.82, 2.24) is 30.3 Å². The number of aromatic nitrogens is 3. The Labute approximate surface area is 171 Å². The number of nitrogens with zero attached hydrogens (tertiary/aromatic N) is 5. The molecule has 2 aromatic rings. The first-order valence-electron chi connectivity index (χ1n) is 9.95. The topological polar surface area (TPSA) is 79.6 Å². The van der Waals surface area contributed by atoms with E-state index in [1.54, 1.807) is 13.0 Å². The van der Waals surface area contributed by atoms with Crippen LogP contribution in [0.3, 0.4) is 0 Å². The van der Waals surface area contributed by atoms with Crippen molar-refractivity contribution in [2.24, 2.45) is 12.0 Å². The van der Waals surface area contributed by atoms with Crippen molar-refractivity contribution in [2.75, 3.05) is 39.4 Å². The zero-order valence-electron chi connectivity index (χ0n) is 17.4. The van der Waals surface area contributed by atoms with Crippen LogP contribution in [0.5, 0.6) is 0 Å². The smallest absolute Gasteiger partial charge is 0.192 e. The predicted octanol–water partition coefficient (Wildman–Crippen LogP) is 1.14. The standard InChI is InChI=1S/C20H30FN7O/c1-15-12-17(4-5-18(15)21)13-23-20(22-6-7-28-8-10-29-11-9-28)24-14-19-26-25-16(2)27(19)3/h4-5,12H,6-11,13-14H2,1-3H3,(H2,22,23,24). The van der Waals surface area contributed by atoms with Gasteiger partial charge in [0.05, 0.1) is 26.3 Å². The molecule has 2 N–H and O–H groups in total. The summed E-state index contributed by atoms with van der Waals surface area (Å²) in [5, 5.41) is 15.0. The number of morpholine rings is 1. The molecule has 1 aromatic heterocycles. The van der Waals surface area contributed by atoms with Gasteiger partial charge in [0.2, 0.25) is 0 Å². The van der Waals surface area contributed by atoms with Crippen LogP contribution in [0.25, 0.3) is 0 Å². The Morgan fingerprint density at radius 2 is 2.00 bits per heavy atom. The van der Waals surface area contributed by atoms with Crippen molar-refractivity contribution in [3.05, 3.63) is 46.8 Å². The van der Waals surface area contributed by atoms with Crippen LogP contribution in [-0.4, -0.2) is 65.0 Å². The van der Waals surface area contributed by atoms with Crippen LogP contribution in [0.2, 0.25) is 0 Å². The molecule has 0 atom stereocenters. The van der Waals surface area contributed by atoms with E-state index in [4.69, 9.17) is 4.74 Å². The highest BCUT2D eigenvalue weighted by Gasteiger charge is 2.11. The highest BCUT2D eigenvalue weighted by molar-refractivity contribution is 5.79. The fourth-order valence-corrected chi connectivity index (χ4v) is 3.07. The average Bonchev–Trinajstić information content (AvgIpc) is 3.05. The summed E-state index contributed by atoms with van der Waals surface area (Å²) in [6.07, 6.45) is 0. The van der Waals surface area contributed by atoms with Gasteiger partial charge in [0, 0.05) is 33.2 Å². The largest absolute Gasteiger partial charge is 0.379 e. The van der Waals surface area contributed by atoms with E-state index in [1.165, 1.54) is 6.07 Å². The number of nitrogens with one attached hydrogen (secondary N) is 2. The zero-order chi connectivity index (χ0) is 20.6. The minimum atomic E-state index is -0.197. The third-order valence-corrected chi connectivity index (χ3v) is 5.06. The first-order chi connectivity index (χ1) is 14.0. The van der Waals surface area contributed by atoms with E-state index >= 15 is 0 Å². The second kappa shape index (κ2) is 10.3. The fourth-order valence-electron chi connectivity index (χ4n) is 3.07.